The predicted octanol–water partition coefficient (Wildman–Crippen LogP) is 2.62. The Labute approximate surface area is 114 Å². The van der Waals surface area contributed by atoms with Crippen LogP contribution in [0.15, 0.2) is 24.3 Å². The van der Waals surface area contributed by atoms with E-state index in [1.165, 1.54) is 5.56 Å². The Kier molecular flexibility index (Phi) is 4.32. The predicted molar refractivity (Wildman–Crippen MR) is 76.0 cm³/mol. The van der Waals surface area contributed by atoms with Gasteiger partial charge in [-0.15, -0.1) is 0 Å². The van der Waals surface area contributed by atoms with Crippen molar-refractivity contribution in [3.05, 3.63) is 35.7 Å². The zero-order valence-corrected chi connectivity index (χ0v) is 11.8. The van der Waals surface area contributed by atoms with Gasteiger partial charge in [-0.05, 0) is 12.0 Å². The minimum atomic E-state index is 0.0716. The fourth-order valence-electron chi connectivity index (χ4n) is 2.10. The van der Waals surface area contributed by atoms with E-state index in [9.17, 15) is 5.11 Å². The van der Waals surface area contributed by atoms with Gasteiger partial charge in [0.1, 0.15) is 0 Å². The first-order valence-electron chi connectivity index (χ1n) is 6.81. The van der Waals surface area contributed by atoms with E-state index in [1.807, 2.05) is 16.8 Å². The lowest BCUT2D eigenvalue weighted by molar-refractivity contribution is 0.269. The van der Waals surface area contributed by atoms with Gasteiger partial charge in [0.25, 0.3) is 0 Å². The zero-order chi connectivity index (χ0) is 13.8. The molecule has 0 saturated heterocycles. The average molecular weight is 259 g/mol. The van der Waals surface area contributed by atoms with E-state index in [4.69, 9.17) is 0 Å². The normalized spacial score (nSPS) is 11.2. The molecule has 1 N–H and O–H groups in total. The van der Waals surface area contributed by atoms with Crippen LogP contribution in [0, 0.1) is 0 Å². The monoisotopic (exact) mass is 259 g/mol. The number of benzene rings is 1. The maximum absolute atomic E-state index is 9.18. The molecule has 4 heteroatoms. The molecule has 1 heterocycles. The lowest BCUT2D eigenvalue weighted by atomic mass is 10.0. The van der Waals surface area contributed by atoms with E-state index in [0.29, 0.717) is 6.54 Å². The van der Waals surface area contributed by atoms with Crippen LogP contribution >= 0.6 is 0 Å². The molecule has 0 fully saturated rings. The Morgan fingerprint density at radius 1 is 1.26 bits per heavy atom. The summed E-state index contributed by atoms with van der Waals surface area (Å²) in [6.45, 7) is 6.84. The van der Waals surface area contributed by atoms with Crippen molar-refractivity contribution in [2.75, 3.05) is 6.61 Å². The third-order valence-corrected chi connectivity index (χ3v) is 3.16. The van der Waals surface area contributed by atoms with E-state index in [0.717, 1.165) is 23.6 Å². The van der Waals surface area contributed by atoms with Crippen molar-refractivity contribution in [2.45, 2.75) is 39.7 Å². The lowest BCUT2D eigenvalue weighted by Gasteiger charge is -2.08. The van der Waals surface area contributed by atoms with Crippen LogP contribution in [0.4, 0.5) is 0 Å². The van der Waals surface area contributed by atoms with Gasteiger partial charge in [0, 0.05) is 11.5 Å². The first-order valence-corrected chi connectivity index (χ1v) is 6.81. The molecule has 0 radical (unpaired) electrons. The standard InChI is InChI=1S/C15H21N3O/c1-4-12-7-5-6-8-13(12)15-16-14(11(2)3)17-18(15)9-10-19/h5-8,11,19H,4,9-10H2,1-3H3. The van der Waals surface area contributed by atoms with Crippen molar-refractivity contribution in [1.82, 2.24) is 14.8 Å². The van der Waals surface area contributed by atoms with Gasteiger partial charge < -0.3 is 5.11 Å². The van der Waals surface area contributed by atoms with Gasteiger partial charge >= 0.3 is 0 Å². The first-order chi connectivity index (χ1) is 9.17. The van der Waals surface area contributed by atoms with E-state index >= 15 is 0 Å². The van der Waals surface area contributed by atoms with Gasteiger partial charge in [0.05, 0.1) is 13.2 Å². The Morgan fingerprint density at radius 3 is 2.63 bits per heavy atom. The van der Waals surface area contributed by atoms with Crippen LogP contribution in [0.3, 0.4) is 0 Å². The lowest BCUT2D eigenvalue weighted by Crippen LogP contribution is -2.07. The summed E-state index contributed by atoms with van der Waals surface area (Å²) in [5, 5.41) is 13.7. The first kappa shape index (κ1) is 13.7. The summed E-state index contributed by atoms with van der Waals surface area (Å²) in [4.78, 5) is 4.65. The maximum Gasteiger partial charge on any atom is 0.158 e. The number of hydrogen-bond donors (Lipinski definition) is 1. The average Bonchev–Trinajstić information content (AvgIpc) is 2.83. The minimum Gasteiger partial charge on any atom is -0.394 e. The molecule has 1 aromatic heterocycles. The van der Waals surface area contributed by atoms with Crippen molar-refractivity contribution in [2.24, 2.45) is 0 Å². The van der Waals surface area contributed by atoms with E-state index in [2.05, 4.69) is 43.0 Å². The van der Waals surface area contributed by atoms with Gasteiger partial charge in [0.15, 0.2) is 11.6 Å². The van der Waals surface area contributed by atoms with Crippen molar-refractivity contribution in [1.29, 1.82) is 0 Å². The molecule has 19 heavy (non-hydrogen) atoms. The van der Waals surface area contributed by atoms with Gasteiger partial charge in [-0.3, -0.25) is 0 Å². The van der Waals surface area contributed by atoms with E-state index in [-0.39, 0.29) is 12.5 Å². The fraction of sp³-hybridized carbons (Fsp3) is 0.467. The molecule has 2 rings (SSSR count). The highest BCUT2D eigenvalue weighted by Gasteiger charge is 2.15. The number of aliphatic hydroxyl groups is 1. The molecule has 0 aliphatic rings. The van der Waals surface area contributed by atoms with Crippen LogP contribution in [-0.2, 0) is 13.0 Å². The number of hydrogen-bond acceptors (Lipinski definition) is 3. The molecule has 1 aromatic carbocycles. The fourth-order valence-corrected chi connectivity index (χ4v) is 2.10. The summed E-state index contributed by atoms with van der Waals surface area (Å²) in [5.74, 6) is 1.97. The topological polar surface area (TPSA) is 50.9 Å². The number of aryl methyl sites for hydroxylation is 1. The van der Waals surface area contributed by atoms with Crippen LogP contribution in [0.5, 0.6) is 0 Å². The highest BCUT2D eigenvalue weighted by Crippen LogP contribution is 2.24. The molecule has 0 aliphatic carbocycles. The van der Waals surface area contributed by atoms with Gasteiger partial charge in [0.2, 0.25) is 0 Å². The third kappa shape index (κ3) is 2.84. The maximum atomic E-state index is 9.18. The van der Waals surface area contributed by atoms with Crippen molar-refractivity contribution >= 4 is 0 Å². The number of aliphatic hydroxyl groups excluding tert-OH is 1. The smallest absolute Gasteiger partial charge is 0.158 e. The Hall–Kier alpha value is -1.68. The summed E-state index contributed by atoms with van der Waals surface area (Å²) in [6.07, 6.45) is 0.958. The van der Waals surface area contributed by atoms with Gasteiger partial charge in [-0.25, -0.2) is 9.67 Å². The summed E-state index contributed by atoms with van der Waals surface area (Å²) in [7, 11) is 0. The second kappa shape index (κ2) is 5.97. The molecular weight excluding hydrogens is 238 g/mol. The van der Waals surface area contributed by atoms with Crippen LogP contribution < -0.4 is 0 Å². The molecule has 4 nitrogen and oxygen atoms in total. The second-order valence-corrected chi connectivity index (χ2v) is 4.91. The van der Waals surface area contributed by atoms with Crippen LogP contribution in [-0.4, -0.2) is 26.5 Å². The van der Waals surface area contributed by atoms with Gasteiger partial charge in [-0.1, -0.05) is 45.0 Å². The van der Waals surface area contributed by atoms with Crippen LogP contribution in [0.2, 0.25) is 0 Å². The highest BCUT2D eigenvalue weighted by atomic mass is 16.3. The SMILES string of the molecule is CCc1ccccc1-c1nc(C(C)C)nn1CCO. The molecule has 0 aliphatic heterocycles. The Balaban J connectivity index is 2.53. The molecule has 0 unspecified atom stereocenters. The summed E-state index contributed by atoms with van der Waals surface area (Å²) in [5.41, 5.74) is 2.36. The third-order valence-electron chi connectivity index (χ3n) is 3.16. The number of rotatable bonds is 5. The summed E-state index contributed by atoms with van der Waals surface area (Å²) >= 11 is 0. The molecule has 0 amide bonds. The Bertz CT molecular complexity index is 546. The van der Waals surface area contributed by atoms with Crippen molar-refractivity contribution in [3.63, 3.8) is 0 Å². The van der Waals surface area contributed by atoms with E-state index in [1.54, 1.807) is 0 Å². The van der Waals surface area contributed by atoms with E-state index < -0.39 is 0 Å². The molecule has 0 saturated carbocycles. The zero-order valence-electron chi connectivity index (χ0n) is 11.8. The van der Waals surface area contributed by atoms with Crippen LogP contribution in [0.25, 0.3) is 11.4 Å². The Morgan fingerprint density at radius 2 is 2.00 bits per heavy atom. The van der Waals surface area contributed by atoms with Gasteiger partial charge in [-0.2, -0.15) is 5.10 Å². The number of aromatic nitrogens is 3. The minimum absolute atomic E-state index is 0.0716. The van der Waals surface area contributed by atoms with Crippen LogP contribution in [0.1, 0.15) is 38.1 Å². The molecule has 0 spiro atoms. The summed E-state index contributed by atoms with van der Waals surface area (Å²) < 4.78 is 1.81. The molecular formula is C15H21N3O. The van der Waals surface area contributed by atoms with Crippen molar-refractivity contribution in [3.8, 4) is 11.4 Å². The molecule has 0 bridgehead atoms. The molecule has 2 aromatic rings. The largest absolute Gasteiger partial charge is 0.394 e. The second-order valence-electron chi connectivity index (χ2n) is 4.91. The molecule has 102 valence electrons. The quantitative estimate of drug-likeness (QED) is 0.898. The molecule has 0 atom stereocenters. The summed E-state index contributed by atoms with van der Waals surface area (Å²) in [6, 6.07) is 8.24. The van der Waals surface area contributed by atoms with Crippen molar-refractivity contribution < 1.29 is 5.11 Å². The number of nitrogens with zero attached hydrogens (tertiary/aromatic N) is 3. The highest BCUT2D eigenvalue weighted by molar-refractivity contribution is 5.60.